The first kappa shape index (κ1) is 17.0. The number of carbonyl (C=O) groups excluding carboxylic acids is 1. The van der Waals surface area contributed by atoms with Crippen molar-refractivity contribution in [2.24, 2.45) is 5.92 Å². The minimum atomic E-state index is -4.38. The Kier molecular flexibility index (Phi) is 5.34. The molecule has 116 valence electrons. The highest BCUT2D eigenvalue weighted by Crippen LogP contribution is 2.30. The molecule has 1 amide bonds. The topological polar surface area (TPSA) is 66.4 Å². The van der Waals surface area contributed by atoms with Crippen LogP contribution in [0.4, 0.5) is 13.2 Å². The smallest absolute Gasteiger partial charge is 0.416 e. The van der Waals surface area contributed by atoms with Gasteiger partial charge >= 0.3 is 12.1 Å². The first-order chi connectivity index (χ1) is 9.62. The monoisotopic (exact) mass is 303 g/mol. The molecule has 1 aromatic rings. The number of carboxylic acid groups (broad SMARTS) is 1. The fraction of sp³-hybridized carbons (Fsp3) is 0.429. The molecule has 0 aliphatic heterocycles. The molecule has 0 heterocycles. The van der Waals surface area contributed by atoms with Crippen molar-refractivity contribution in [3.05, 3.63) is 35.4 Å². The summed E-state index contributed by atoms with van der Waals surface area (Å²) in [7, 11) is 0. The Bertz CT molecular complexity index is 511. The van der Waals surface area contributed by atoms with Crippen LogP contribution in [0.2, 0.25) is 0 Å². The molecule has 4 nitrogen and oxygen atoms in total. The van der Waals surface area contributed by atoms with Crippen molar-refractivity contribution >= 4 is 11.9 Å². The molecular formula is C14H16F3NO3. The van der Waals surface area contributed by atoms with Gasteiger partial charge < -0.3 is 10.4 Å². The van der Waals surface area contributed by atoms with Crippen LogP contribution in [0.1, 0.15) is 30.9 Å². The minimum absolute atomic E-state index is 0.155. The number of aliphatic carboxylic acids is 1. The van der Waals surface area contributed by atoms with Crippen LogP contribution < -0.4 is 5.32 Å². The van der Waals surface area contributed by atoms with Crippen LogP contribution in [0.25, 0.3) is 0 Å². The molecule has 0 fully saturated rings. The maximum absolute atomic E-state index is 12.4. The maximum atomic E-state index is 12.4. The van der Waals surface area contributed by atoms with Gasteiger partial charge in [0.2, 0.25) is 5.91 Å². The molecule has 0 aliphatic rings. The summed E-state index contributed by atoms with van der Waals surface area (Å²) in [5.74, 6) is -3.24. The van der Waals surface area contributed by atoms with Gasteiger partial charge in [0.25, 0.3) is 0 Å². The van der Waals surface area contributed by atoms with Gasteiger partial charge in [0.1, 0.15) is 5.92 Å². The molecule has 2 atom stereocenters. The summed E-state index contributed by atoms with van der Waals surface area (Å²) < 4.78 is 37.3. The van der Waals surface area contributed by atoms with E-state index in [-0.39, 0.29) is 12.5 Å². The highest BCUT2D eigenvalue weighted by atomic mass is 19.4. The maximum Gasteiger partial charge on any atom is 0.416 e. The molecule has 1 aromatic carbocycles. The normalized spacial score (nSPS) is 14.3. The predicted molar refractivity (Wildman–Crippen MR) is 69.7 cm³/mol. The molecule has 0 bridgehead atoms. The number of alkyl halides is 3. The number of hydrogen-bond acceptors (Lipinski definition) is 2. The zero-order chi connectivity index (χ0) is 16.2. The van der Waals surface area contributed by atoms with E-state index in [1.165, 1.54) is 19.1 Å². The second-order valence-electron chi connectivity index (χ2n) is 4.83. The molecule has 21 heavy (non-hydrogen) atoms. The third-order valence-corrected chi connectivity index (χ3v) is 3.15. The van der Waals surface area contributed by atoms with Crippen molar-refractivity contribution in [2.45, 2.75) is 25.9 Å². The standard InChI is InChI=1S/C14H16F3NO3/c1-8(7-18-12(19)9(2)13(20)21)10-3-5-11(6-4-10)14(15,16)17/h3-6,8-9H,7H2,1-2H3,(H,18,19)(H,20,21). The second-order valence-corrected chi connectivity index (χ2v) is 4.83. The fourth-order valence-electron chi connectivity index (χ4n) is 1.64. The number of rotatable bonds is 5. The average Bonchev–Trinajstić information content (AvgIpc) is 2.42. The summed E-state index contributed by atoms with van der Waals surface area (Å²) in [6.45, 7) is 3.15. The van der Waals surface area contributed by atoms with Crippen LogP contribution in [-0.4, -0.2) is 23.5 Å². The van der Waals surface area contributed by atoms with Gasteiger partial charge in [-0.05, 0) is 30.5 Å². The highest BCUT2D eigenvalue weighted by molar-refractivity contribution is 5.96. The van der Waals surface area contributed by atoms with E-state index in [1.807, 2.05) is 0 Å². The van der Waals surface area contributed by atoms with Crippen LogP contribution in [0, 0.1) is 5.92 Å². The molecule has 0 aliphatic carbocycles. The Morgan fingerprint density at radius 3 is 2.14 bits per heavy atom. The zero-order valence-electron chi connectivity index (χ0n) is 11.6. The Morgan fingerprint density at radius 1 is 1.19 bits per heavy atom. The Labute approximate surface area is 120 Å². The fourth-order valence-corrected chi connectivity index (χ4v) is 1.64. The van der Waals surface area contributed by atoms with Crippen LogP contribution >= 0.6 is 0 Å². The molecule has 2 unspecified atom stereocenters. The number of amides is 1. The van der Waals surface area contributed by atoms with Crippen molar-refractivity contribution in [3.8, 4) is 0 Å². The molecule has 0 radical (unpaired) electrons. The van der Waals surface area contributed by atoms with Crippen molar-refractivity contribution in [2.75, 3.05) is 6.54 Å². The molecule has 0 spiro atoms. The molecule has 0 saturated heterocycles. The third kappa shape index (κ3) is 4.77. The quantitative estimate of drug-likeness (QED) is 0.822. The lowest BCUT2D eigenvalue weighted by Crippen LogP contribution is -2.35. The lowest BCUT2D eigenvalue weighted by atomic mass is 9.99. The van der Waals surface area contributed by atoms with Gasteiger partial charge in [-0.25, -0.2) is 0 Å². The number of carbonyl (C=O) groups is 2. The zero-order valence-corrected chi connectivity index (χ0v) is 11.6. The summed E-state index contributed by atoms with van der Waals surface area (Å²) in [6.07, 6.45) is -4.38. The van der Waals surface area contributed by atoms with Crippen LogP contribution in [-0.2, 0) is 15.8 Å². The van der Waals surface area contributed by atoms with Crippen LogP contribution in [0.5, 0.6) is 0 Å². The number of hydrogen-bond donors (Lipinski definition) is 2. The number of benzene rings is 1. The van der Waals surface area contributed by atoms with Gasteiger partial charge in [-0.1, -0.05) is 19.1 Å². The molecule has 0 aromatic heterocycles. The molecule has 0 saturated carbocycles. The van der Waals surface area contributed by atoms with E-state index in [0.29, 0.717) is 5.56 Å². The van der Waals surface area contributed by atoms with E-state index in [9.17, 15) is 22.8 Å². The third-order valence-electron chi connectivity index (χ3n) is 3.15. The number of carboxylic acids is 1. The van der Waals surface area contributed by atoms with E-state index in [4.69, 9.17) is 5.11 Å². The Morgan fingerprint density at radius 2 is 1.71 bits per heavy atom. The Balaban J connectivity index is 2.62. The van der Waals surface area contributed by atoms with Crippen molar-refractivity contribution in [3.63, 3.8) is 0 Å². The van der Waals surface area contributed by atoms with E-state index in [0.717, 1.165) is 12.1 Å². The summed E-state index contributed by atoms with van der Waals surface area (Å²) in [6, 6.07) is 4.65. The first-order valence-electron chi connectivity index (χ1n) is 6.30. The second kappa shape index (κ2) is 6.60. The largest absolute Gasteiger partial charge is 0.481 e. The predicted octanol–water partition coefficient (Wildman–Crippen LogP) is 2.65. The van der Waals surface area contributed by atoms with E-state index >= 15 is 0 Å². The number of halogens is 3. The van der Waals surface area contributed by atoms with Gasteiger partial charge in [0.15, 0.2) is 0 Å². The Hall–Kier alpha value is -2.05. The van der Waals surface area contributed by atoms with Gasteiger partial charge in [0.05, 0.1) is 5.56 Å². The van der Waals surface area contributed by atoms with Crippen molar-refractivity contribution < 1.29 is 27.9 Å². The number of nitrogens with one attached hydrogen (secondary N) is 1. The van der Waals surface area contributed by atoms with E-state index in [1.54, 1.807) is 6.92 Å². The van der Waals surface area contributed by atoms with Gasteiger partial charge in [0, 0.05) is 6.54 Å². The van der Waals surface area contributed by atoms with E-state index in [2.05, 4.69) is 5.32 Å². The summed E-state index contributed by atoms with van der Waals surface area (Å²) in [5, 5.41) is 11.1. The first-order valence-corrected chi connectivity index (χ1v) is 6.30. The highest BCUT2D eigenvalue weighted by Gasteiger charge is 2.30. The van der Waals surface area contributed by atoms with Crippen molar-refractivity contribution in [1.29, 1.82) is 0 Å². The van der Waals surface area contributed by atoms with Gasteiger partial charge in [-0.2, -0.15) is 13.2 Å². The van der Waals surface area contributed by atoms with Crippen LogP contribution in [0.15, 0.2) is 24.3 Å². The van der Waals surface area contributed by atoms with Crippen LogP contribution in [0.3, 0.4) is 0 Å². The van der Waals surface area contributed by atoms with Gasteiger partial charge in [-0.3, -0.25) is 9.59 Å². The molecule has 7 heteroatoms. The average molecular weight is 303 g/mol. The van der Waals surface area contributed by atoms with Crippen molar-refractivity contribution in [1.82, 2.24) is 5.32 Å². The summed E-state index contributed by atoms with van der Waals surface area (Å²) >= 11 is 0. The lowest BCUT2D eigenvalue weighted by molar-refractivity contribution is -0.146. The molecule has 1 rings (SSSR count). The molecular weight excluding hydrogens is 287 g/mol. The van der Waals surface area contributed by atoms with E-state index < -0.39 is 29.5 Å². The lowest BCUT2D eigenvalue weighted by Gasteiger charge is -2.15. The molecule has 2 N–H and O–H groups in total. The van der Waals surface area contributed by atoms with Gasteiger partial charge in [-0.15, -0.1) is 0 Å². The summed E-state index contributed by atoms with van der Waals surface area (Å²) in [5.41, 5.74) is -0.103. The summed E-state index contributed by atoms with van der Waals surface area (Å²) in [4.78, 5) is 22.1. The SMILES string of the molecule is CC(C(=O)O)C(=O)NCC(C)c1ccc(C(F)(F)F)cc1. The minimum Gasteiger partial charge on any atom is -0.481 e.